The third kappa shape index (κ3) is 6.73. The Morgan fingerprint density at radius 2 is 1.63 bits per heavy atom. The van der Waals surface area contributed by atoms with Gasteiger partial charge < -0.3 is 10.2 Å². The maximum atomic E-state index is 3.54. The molecule has 0 spiro atoms. The van der Waals surface area contributed by atoms with E-state index in [1.807, 2.05) is 0 Å². The number of hydrogen-bond donors (Lipinski definition) is 1. The van der Waals surface area contributed by atoms with E-state index in [-0.39, 0.29) is 0 Å². The highest BCUT2D eigenvalue weighted by molar-refractivity contribution is 4.76. The highest BCUT2D eigenvalue weighted by Crippen LogP contribution is 2.13. The van der Waals surface area contributed by atoms with Crippen molar-refractivity contribution in [3.05, 3.63) is 0 Å². The topological polar surface area (TPSA) is 18.5 Å². The molecule has 1 aliphatic rings. The van der Waals surface area contributed by atoms with Crippen LogP contribution in [-0.4, -0.2) is 61.2 Å². The van der Waals surface area contributed by atoms with Gasteiger partial charge in [-0.1, -0.05) is 27.2 Å². The van der Waals surface area contributed by atoms with E-state index in [4.69, 9.17) is 0 Å². The highest BCUT2D eigenvalue weighted by atomic mass is 15.3. The van der Waals surface area contributed by atoms with Gasteiger partial charge in [0, 0.05) is 44.8 Å². The molecule has 1 saturated heterocycles. The molecule has 0 saturated carbocycles. The summed E-state index contributed by atoms with van der Waals surface area (Å²) in [7, 11) is 0. The summed E-state index contributed by atoms with van der Waals surface area (Å²) in [5, 5.41) is 3.54. The second-order valence-electron chi connectivity index (χ2n) is 6.60. The molecular formula is C16H35N3. The monoisotopic (exact) mass is 269 g/mol. The van der Waals surface area contributed by atoms with Crippen molar-refractivity contribution in [1.82, 2.24) is 15.1 Å². The summed E-state index contributed by atoms with van der Waals surface area (Å²) in [5.41, 5.74) is 0. The summed E-state index contributed by atoms with van der Waals surface area (Å²) in [6, 6.07) is 1.33. The first-order valence-corrected chi connectivity index (χ1v) is 8.22. The summed E-state index contributed by atoms with van der Waals surface area (Å²) >= 11 is 0. The van der Waals surface area contributed by atoms with Gasteiger partial charge in [-0.05, 0) is 32.7 Å². The molecule has 1 aliphatic heterocycles. The van der Waals surface area contributed by atoms with Gasteiger partial charge in [-0.15, -0.1) is 0 Å². The third-order valence-electron chi connectivity index (χ3n) is 4.34. The van der Waals surface area contributed by atoms with Crippen molar-refractivity contribution < 1.29 is 0 Å². The highest BCUT2D eigenvalue weighted by Gasteiger charge is 2.20. The van der Waals surface area contributed by atoms with Crippen LogP contribution in [0.1, 0.15) is 47.5 Å². The Kier molecular flexibility index (Phi) is 7.96. The zero-order valence-corrected chi connectivity index (χ0v) is 13.8. The quantitative estimate of drug-likeness (QED) is 0.730. The minimum absolute atomic E-state index is 0.618. The minimum atomic E-state index is 0.618. The molecule has 0 amide bonds. The fourth-order valence-electron chi connectivity index (χ4n) is 2.83. The molecular weight excluding hydrogens is 234 g/mol. The van der Waals surface area contributed by atoms with Crippen LogP contribution in [0.4, 0.5) is 0 Å². The average molecular weight is 269 g/mol. The Balaban J connectivity index is 2.21. The molecule has 1 N–H and O–H groups in total. The van der Waals surface area contributed by atoms with Crippen LogP contribution in [0.3, 0.4) is 0 Å². The molecule has 0 aromatic heterocycles. The predicted octanol–water partition coefficient (Wildman–Crippen LogP) is 2.43. The fourth-order valence-corrected chi connectivity index (χ4v) is 2.83. The Morgan fingerprint density at radius 1 is 1.00 bits per heavy atom. The molecule has 0 radical (unpaired) electrons. The summed E-state index contributed by atoms with van der Waals surface area (Å²) in [6.45, 7) is 18.9. The van der Waals surface area contributed by atoms with Gasteiger partial charge >= 0.3 is 0 Å². The predicted molar refractivity (Wildman–Crippen MR) is 84.7 cm³/mol. The number of nitrogens with one attached hydrogen (secondary N) is 1. The second-order valence-corrected chi connectivity index (χ2v) is 6.60. The van der Waals surface area contributed by atoms with Gasteiger partial charge in [-0.2, -0.15) is 0 Å². The van der Waals surface area contributed by atoms with Crippen molar-refractivity contribution in [2.75, 3.05) is 39.3 Å². The van der Waals surface area contributed by atoms with Crippen LogP contribution in [0, 0.1) is 5.92 Å². The van der Waals surface area contributed by atoms with Crippen molar-refractivity contribution >= 4 is 0 Å². The molecule has 19 heavy (non-hydrogen) atoms. The molecule has 1 atom stereocenters. The Morgan fingerprint density at radius 3 is 2.11 bits per heavy atom. The summed E-state index contributed by atoms with van der Waals surface area (Å²) in [5.74, 6) is 0.858. The molecule has 0 aliphatic carbocycles. The second kappa shape index (κ2) is 8.93. The van der Waals surface area contributed by atoms with Crippen LogP contribution < -0.4 is 5.32 Å². The van der Waals surface area contributed by atoms with E-state index >= 15 is 0 Å². The van der Waals surface area contributed by atoms with E-state index in [1.54, 1.807) is 0 Å². The first-order valence-electron chi connectivity index (χ1n) is 8.22. The number of rotatable bonds is 8. The summed E-state index contributed by atoms with van der Waals surface area (Å²) < 4.78 is 0. The van der Waals surface area contributed by atoms with Crippen molar-refractivity contribution in [2.45, 2.75) is 59.5 Å². The van der Waals surface area contributed by atoms with Crippen LogP contribution in [0.25, 0.3) is 0 Å². The van der Waals surface area contributed by atoms with E-state index < -0.39 is 0 Å². The van der Waals surface area contributed by atoms with Crippen LogP contribution in [-0.2, 0) is 0 Å². The van der Waals surface area contributed by atoms with Gasteiger partial charge in [-0.25, -0.2) is 0 Å². The lowest BCUT2D eigenvalue weighted by Gasteiger charge is -2.38. The molecule has 1 rings (SSSR count). The van der Waals surface area contributed by atoms with Crippen molar-refractivity contribution in [3.8, 4) is 0 Å². The first-order chi connectivity index (χ1) is 9.02. The first kappa shape index (κ1) is 16.9. The van der Waals surface area contributed by atoms with E-state index in [0.717, 1.165) is 5.92 Å². The number of piperazine rings is 1. The molecule has 1 fully saturated rings. The minimum Gasteiger partial charge on any atom is -0.315 e. The van der Waals surface area contributed by atoms with E-state index in [1.165, 1.54) is 52.1 Å². The van der Waals surface area contributed by atoms with E-state index in [9.17, 15) is 0 Å². The molecule has 3 nitrogen and oxygen atoms in total. The Labute approximate surface area is 120 Å². The van der Waals surface area contributed by atoms with E-state index in [0.29, 0.717) is 12.1 Å². The summed E-state index contributed by atoms with van der Waals surface area (Å²) in [6.07, 6.45) is 2.63. The van der Waals surface area contributed by atoms with Gasteiger partial charge in [0.25, 0.3) is 0 Å². The molecule has 3 heteroatoms. The average Bonchev–Trinajstić information content (AvgIpc) is 2.37. The zero-order chi connectivity index (χ0) is 14.3. The number of nitrogens with zero attached hydrogens (tertiary/aromatic N) is 2. The van der Waals surface area contributed by atoms with Gasteiger partial charge in [0.1, 0.15) is 0 Å². The molecule has 1 heterocycles. The van der Waals surface area contributed by atoms with Crippen LogP contribution in [0.15, 0.2) is 0 Å². The van der Waals surface area contributed by atoms with Crippen LogP contribution in [0.2, 0.25) is 0 Å². The molecule has 0 aromatic rings. The lowest BCUT2D eigenvalue weighted by atomic mass is 10.0. The Hall–Kier alpha value is -0.120. The van der Waals surface area contributed by atoms with Gasteiger partial charge in [0.05, 0.1) is 0 Å². The normalized spacial score (nSPS) is 20.4. The molecule has 114 valence electrons. The standard InChI is InChI=1S/C16H35N3/c1-6-16(7-8-17-14(2)3)13-18-9-11-19(12-10-18)15(4)5/h14-17H,6-13H2,1-5H3. The van der Waals surface area contributed by atoms with Crippen molar-refractivity contribution in [2.24, 2.45) is 5.92 Å². The Bertz CT molecular complexity index is 217. The van der Waals surface area contributed by atoms with Gasteiger partial charge in [0.15, 0.2) is 0 Å². The maximum Gasteiger partial charge on any atom is 0.0113 e. The molecule has 0 aromatic carbocycles. The number of hydrogen-bond acceptors (Lipinski definition) is 3. The fraction of sp³-hybridized carbons (Fsp3) is 1.00. The lowest BCUT2D eigenvalue weighted by molar-refractivity contribution is 0.0948. The molecule has 1 unspecified atom stereocenters. The smallest absolute Gasteiger partial charge is 0.0113 e. The largest absolute Gasteiger partial charge is 0.315 e. The zero-order valence-electron chi connectivity index (χ0n) is 13.8. The van der Waals surface area contributed by atoms with Crippen molar-refractivity contribution in [1.29, 1.82) is 0 Å². The lowest BCUT2D eigenvalue weighted by Crippen LogP contribution is -2.50. The van der Waals surface area contributed by atoms with Crippen molar-refractivity contribution in [3.63, 3.8) is 0 Å². The third-order valence-corrected chi connectivity index (χ3v) is 4.34. The van der Waals surface area contributed by atoms with Gasteiger partial charge in [0.2, 0.25) is 0 Å². The van der Waals surface area contributed by atoms with E-state index in [2.05, 4.69) is 49.7 Å². The van der Waals surface area contributed by atoms with Crippen LogP contribution in [0.5, 0.6) is 0 Å². The van der Waals surface area contributed by atoms with Crippen LogP contribution >= 0.6 is 0 Å². The maximum absolute atomic E-state index is 3.54. The SMILES string of the molecule is CCC(CCNC(C)C)CN1CCN(C(C)C)CC1. The summed E-state index contributed by atoms with van der Waals surface area (Å²) in [4.78, 5) is 5.26. The van der Waals surface area contributed by atoms with Gasteiger partial charge in [-0.3, -0.25) is 4.90 Å². The molecule has 0 bridgehead atoms.